The largest absolute Gasteiger partial charge is 0.353 e. The van der Waals surface area contributed by atoms with Crippen LogP contribution in [-0.2, 0) is 10.2 Å². The zero-order valence-electron chi connectivity index (χ0n) is 14.4. The molecule has 3 rings (SSSR count). The molecule has 2 fully saturated rings. The number of aromatic nitrogens is 2. The molecule has 1 aromatic heterocycles. The molecule has 8 heteroatoms. The van der Waals surface area contributed by atoms with E-state index in [1.165, 1.54) is 0 Å². The number of nitrogens with one attached hydrogen (secondary N) is 1. The normalized spacial score (nSPS) is 26.2. The summed E-state index contributed by atoms with van der Waals surface area (Å²) in [5.41, 5.74) is 0. The first-order valence-corrected chi connectivity index (χ1v) is 10.2. The highest BCUT2D eigenvalue weighted by molar-refractivity contribution is 7.87. The van der Waals surface area contributed by atoms with Gasteiger partial charge in [-0.2, -0.15) is 17.4 Å². The number of nitrogens with zero attached hydrogens (tertiary/aromatic N) is 4. The van der Waals surface area contributed by atoms with Crippen molar-refractivity contribution in [1.29, 1.82) is 0 Å². The summed E-state index contributed by atoms with van der Waals surface area (Å²) in [6, 6.07) is -0.0982. The Morgan fingerprint density at radius 2 is 1.92 bits per heavy atom. The summed E-state index contributed by atoms with van der Waals surface area (Å²) in [7, 11) is -3.42. The predicted octanol–water partition coefficient (Wildman–Crippen LogP) is 1.26. The zero-order chi connectivity index (χ0) is 17.2. The Bertz CT molecular complexity index is 631. The molecule has 7 nitrogen and oxygen atoms in total. The average molecular weight is 353 g/mol. The molecule has 0 unspecified atom stereocenters. The molecule has 2 saturated heterocycles. The fraction of sp³-hybridized carbons (Fsp3) is 0.750. The number of hydrogen-bond donors (Lipinski definition) is 1. The molecule has 2 aliphatic heterocycles. The summed E-state index contributed by atoms with van der Waals surface area (Å²) < 4.78 is 30.0. The van der Waals surface area contributed by atoms with Gasteiger partial charge in [-0.25, -0.2) is 4.98 Å². The highest BCUT2D eigenvalue weighted by atomic mass is 32.2. The molecule has 0 aliphatic carbocycles. The van der Waals surface area contributed by atoms with Crippen molar-refractivity contribution >= 4 is 16.0 Å². The van der Waals surface area contributed by atoms with Crippen molar-refractivity contribution in [3.63, 3.8) is 0 Å². The molecular weight excluding hydrogens is 326 g/mol. The van der Waals surface area contributed by atoms with Crippen LogP contribution in [0.3, 0.4) is 0 Å². The van der Waals surface area contributed by atoms with Gasteiger partial charge in [0.2, 0.25) is 0 Å². The van der Waals surface area contributed by atoms with Crippen LogP contribution in [0.25, 0.3) is 0 Å². The van der Waals surface area contributed by atoms with Crippen molar-refractivity contribution in [3.8, 4) is 0 Å². The van der Waals surface area contributed by atoms with Gasteiger partial charge in [-0.05, 0) is 24.7 Å². The van der Waals surface area contributed by atoms with Crippen LogP contribution in [0.15, 0.2) is 18.6 Å². The van der Waals surface area contributed by atoms with Gasteiger partial charge in [0.1, 0.15) is 5.82 Å². The molecule has 1 N–H and O–H groups in total. The summed E-state index contributed by atoms with van der Waals surface area (Å²) in [5, 5.41) is 0. The lowest BCUT2D eigenvalue weighted by atomic mass is 9.92. The van der Waals surface area contributed by atoms with Gasteiger partial charge in [0.15, 0.2) is 0 Å². The van der Waals surface area contributed by atoms with Gasteiger partial charge in [0.25, 0.3) is 10.2 Å². The van der Waals surface area contributed by atoms with Crippen molar-refractivity contribution in [2.45, 2.75) is 39.2 Å². The molecule has 24 heavy (non-hydrogen) atoms. The van der Waals surface area contributed by atoms with Gasteiger partial charge in [-0.15, -0.1) is 0 Å². The number of rotatable bonds is 5. The summed E-state index contributed by atoms with van der Waals surface area (Å²) in [6.45, 7) is 6.97. The van der Waals surface area contributed by atoms with E-state index in [-0.39, 0.29) is 12.0 Å². The molecule has 0 amide bonds. The molecule has 1 aromatic rings. The Labute approximate surface area is 144 Å². The molecule has 2 atom stereocenters. The van der Waals surface area contributed by atoms with Gasteiger partial charge in [0, 0.05) is 44.6 Å². The van der Waals surface area contributed by atoms with E-state index in [2.05, 4.69) is 33.4 Å². The van der Waals surface area contributed by atoms with E-state index >= 15 is 0 Å². The van der Waals surface area contributed by atoms with E-state index < -0.39 is 10.2 Å². The first-order valence-electron chi connectivity index (χ1n) is 8.76. The van der Waals surface area contributed by atoms with Crippen LogP contribution >= 0.6 is 0 Å². The third kappa shape index (κ3) is 3.87. The van der Waals surface area contributed by atoms with E-state index in [0.717, 1.165) is 31.6 Å². The Kier molecular flexibility index (Phi) is 5.36. The number of anilines is 1. The summed E-state index contributed by atoms with van der Waals surface area (Å²) in [6.07, 6.45) is 8.07. The lowest BCUT2D eigenvalue weighted by molar-refractivity contribution is 0.322. The topological polar surface area (TPSA) is 78.4 Å². The third-order valence-electron chi connectivity index (χ3n) is 5.05. The van der Waals surface area contributed by atoms with Crippen LogP contribution in [-0.4, -0.2) is 54.9 Å². The third-order valence-corrected chi connectivity index (χ3v) is 6.70. The quantitative estimate of drug-likeness (QED) is 0.862. The van der Waals surface area contributed by atoms with Crippen LogP contribution in [0.1, 0.15) is 33.1 Å². The molecular formula is C16H27N5O2S. The fourth-order valence-electron chi connectivity index (χ4n) is 3.64. The first-order chi connectivity index (χ1) is 11.5. The van der Waals surface area contributed by atoms with Crippen LogP contribution < -0.4 is 9.62 Å². The minimum Gasteiger partial charge on any atom is -0.353 e. The Morgan fingerprint density at radius 3 is 2.54 bits per heavy atom. The standard InChI is InChI=1S/C16H27N5O2S/c1-13(2)14-11-20(16-10-17-6-7-18-16)12-15(14)19-24(22,23)21-8-4-3-5-9-21/h6-7,10,13-15,19H,3-5,8-9,11-12H2,1-2H3/t14-,15+/m1/s1. The zero-order valence-corrected chi connectivity index (χ0v) is 15.2. The van der Waals surface area contributed by atoms with Gasteiger partial charge >= 0.3 is 0 Å². The van der Waals surface area contributed by atoms with E-state index in [9.17, 15) is 8.42 Å². The first kappa shape index (κ1) is 17.6. The smallest absolute Gasteiger partial charge is 0.279 e. The van der Waals surface area contributed by atoms with E-state index in [0.29, 0.717) is 25.6 Å². The average Bonchev–Trinajstić information content (AvgIpc) is 3.00. The maximum atomic E-state index is 12.7. The molecule has 0 radical (unpaired) electrons. The Balaban J connectivity index is 1.73. The number of hydrogen-bond acceptors (Lipinski definition) is 5. The van der Waals surface area contributed by atoms with Crippen LogP contribution in [0.5, 0.6) is 0 Å². The van der Waals surface area contributed by atoms with Crippen molar-refractivity contribution in [3.05, 3.63) is 18.6 Å². The highest BCUT2D eigenvalue weighted by Gasteiger charge is 2.39. The van der Waals surface area contributed by atoms with Crippen molar-refractivity contribution in [2.24, 2.45) is 11.8 Å². The van der Waals surface area contributed by atoms with E-state index in [1.807, 2.05) is 0 Å². The second-order valence-corrected chi connectivity index (χ2v) is 8.77. The fourth-order valence-corrected chi connectivity index (χ4v) is 5.16. The minimum atomic E-state index is -3.42. The molecule has 0 aromatic carbocycles. The minimum absolute atomic E-state index is 0.0982. The van der Waals surface area contributed by atoms with Crippen molar-refractivity contribution < 1.29 is 8.42 Å². The monoisotopic (exact) mass is 353 g/mol. The summed E-state index contributed by atoms with van der Waals surface area (Å²) in [4.78, 5) is 10.6. The van der Waals surface area contributed by atoms with Gasteiger partial charge in [-0.1, -0.05) is 20.3 Å². The van der Waals surface area contributed by atoms with Crippen molar-refractivity contribution in [1.82, 2.24) is 19.0 Å². The van der Waals surface area contributed by atoms with Crippen LogP contribution in [0.2, 0.25) is 0 Å². The Hall–Kier alpha value is -1.25. The maximum Gasteiger partial charge on any atom is 0.279 e. The maximum absolute atomic E-state index is 12.7. The van der Waals surface area contributed by atoms with Crippen LogP contribution in [0, 0.1) is 11.8 Å². The lowest BCUT2D eigenvalue weighted by Gasteiger charge is -2.29. The number of piperidine rings is 1. The van der Waals surface area contributed by atoms with Gasteiger partial charge < -0.3 is 4.90 Å². The molecule has 0 spiro atoms. The molecule has 0 saturated carbocycles. The molecule has 3 heterocycles. The van der Waals surface area contributed by atoms with Crippen LogP contribution in [0.4, 0.5) is 5.82 Å². The SMILES string of the molecule is CC(C)[C@H]1CN(c2cnccn2)C[C@@H]1NS(=O)(=O)N1CCCCC1. The molecule has 134 valence electrons. The summed E-state index contributed by atoms with van der Waals surface area (Å²) >= 11 is 0. The van der Waals surface area contributed by atoms with Gasteiger partial charge in [-0.3, -0.25) is 4.98 Å². The Morgan fingerprint density at radius 1 is 1.17 bits per heavy atom. The summed E-state index contributed by atoms with van der Waals surface area (Å²) in [5.74, 6) is 1.45. The highest BCUT2D eigenvalue weighted by Crippen LogP contribution is 2.28. The van der Waals surface area contributed by atoms with E-state index in [4.69, 9.17) is 0 Å². The lowest BCUT2D eigenvalue weighted by Crippen LogP contribution is -2.50. The predicted molar refractivity (Wildman–Crippen MR) is 93.8 cm³/mol. The van der Waals surface area contributed by atoms with Gasteiger partial charge in [0.05, 0.1) is 6.20 Å². The second-order valence-electron chi connectivity index (χ2n) is 7.07. The second kappa shape index (κ2) is 7.33. The van der Waals surface area contributed by atoms with Crippen molar-refractivity contribution in [2.75, 3.05) is 31.1 Å². The molecule has 2 aliphatic rings. The van der Waals surface area contributed by atoms with E-state index in [1.54, 1.807) is 22.9 Å². The molecule has 0 bridgehead atoms.